The molecule has 1 unspecified atom stereocenters. The number of hydrogen-bond donors (Lipinski definition) is 1. The topological polar surface area (TPSA) is 101 Å². The van der Waals surface area contributed by atoms with Gasteiger partial charge in [-0.2, -0.15) is 4.31 Å². The number of hydrogen-bond acceptors (Lipinski definition) is 7. The fraction of sp³-hybridized carbons (Fsp3) is 0.400. The predicted molar refractivity (Wildman–Crippen MR) is 95.1 cm³/mol. The Morgan fingerprint density at radius 1 is 1.32 bits per heavy atom. The molecule has 1 aromatic heterocycles. The Bertz CT molecular complexity index is 864. The number of sulfonamides is 1. The molecule has 8 nitrogen and oxygen atoms in total. The summed E-state index contributed by atoms with van der Waals surface area (Å²) in [5.41, 5.74) is 0.859. The van der Waals surface area contributed by atoms with Gasteiger partial charge in [0.25, 0.3) is 0 Å². The Kier molecular flexibility index (Phi) is 5.02. The van der Waals surface area contributed by atoms with Gasteiger partial charge in [0.15, 0.2) is 0 Å². The van der Waals surface area contributed by atoms with Gasteiger partial charge in [0, 0.05) is 12.1 Å². The van der Waals surface area contributed by atoms with Gasteiger partial charge in [0.2, 0.25) is 21.1 Å². The van der Waals surface area contributed by atoms with E-state index in [1.54, 1.807) is 7.11 Å². The maximum atomic E-state index is 12.4. The summed E-state index contributed by atoms with van der Waals surface area (Å²) in [6.07, 6.45) is 2.28. The van der Waals surface area contributed by atoms with Gasteiger partial charge < -0.3 is 4.74 Å². The first-order valence-electron chi connectivity index (χ1n) is 7.64. The number of nitrogens with one attached hydrogen (secondary N) is 1. The van der Waals surface area contributed by atoms with Gasteiger partial charge in [0.1, 0.15) is 16.8 Å². The number of rotatable bonds is 5. The second-order valence-electron chi connectivity index (χ2n) is 5.66. The van der Waals surface area contributed by atoms with Crippen LogP contribution in [0.3, 0.4) is 0 Å². The maximum absolute atomic E-state index is 12.4. The van der Waals surface area contributed by atoms with E-state index in [-0.39, 0.29) is 5.91 Å². The molecule has 0 radical (unpaired) electrons. The van der Waals surface area contributed by atoms with Crippen LogP contribution in [0.2, 0.25) is 0 Å². The molecule has 1 aliphatic rings. The molecule has 3 rings (SSSR count). The van der Waals surface area contributed by atoms with Crippen molar-refractivity contribution in [1.82, 2.24) is 14.5 Å². The van der Waals surface area contributed by atoms with Crippen LogP contribution in [0.1, 0.15) is 12.8 Å². The molecule has 0 spiro atoms. The predicted octanol–water partition coefficient (Wildman–Crippen LogP) is 1.58. The number of benzene rings is 1. The molecule has 0 bridgehead atoms. The fourth-order valence-electron chi connectivity index (χ4n) is 2.71. The molecule has 2 aromatic rings. The van der Waals surface area contributed by atoms with Crippen LogP contribution in [0, 0.1) is 0 Å². The minimum atomic E-state index is -3.41. The second-order valence-corrected chi connectivity index (χ2v) is 8.57. The van der Waals surface area contributed by atoms with Gasteiger partial charge in [-0.1, -0.05) is 11.3 Å². The van der Waals surface area contributed by atoms with Crippen LogP contribution < -0.4 is 10.1 Å². The Morgan fingerprint density at radius 2 is 2.04 bits per heavy atom. The van der Waals surface area contributed by atoms with E-state index in [1.165, 1.54) is 15.6 Å². The van der Waals surface area contributed by atoms with Crippen molar-refractivity contribution in [2.75, 3.05) is 25.2 Å². The van der Waals surface area contributed by atoms with E-state index in [0.717, 1.165) is 17.6 Å². The lowest BCUT2D eigenvalue weighted by molar-refractivity contribution is -0.119. The summed E-state index contributed by atoms with van der Waals surface area (Å²) < 4.78 is 29.8. The average Bonchev–Trinajstić information content (AvgIpc) is 3.24. The highest BCUT2D eigenvalue weighted by molar-refractivity contribution is 7.88. The maximum Gasteiger partial charge on any atom is 0.244 e. The number of ether oxygens (including phenoxy) is 1. The van der Waals surface area contributed by atoms with Crippen LogP contribution in [0.15, 0.2) is 24.3 Å². The minimum absolute atomic E-state index is 0.344. The average molecular weight is 382 g/mol. The van der Waals surface area contributed by atoms with Gasteiger partial charge in [0.05, 0.1) is 13.4 Å². The molecule has 1 atom stereocenters. The zero-order chi connectivity index (χ0) is 18.0. The van der Waals surface area contributed by atoms with Crippen molar-refractivity contribution in [3.63, 3.8) is 0 Å². The largest absolute Gasteiger partial charge is 0.497 e. The van der Waals surface area contributed by atoms with E-state index >= 15 is 0 Å². The van der Waals surface area contributed by atoms with Crippen molar-refractivity contribution >= 4 is 32.4 Å². The highest BCUT2D eigenvalue weighted by Gasteiger charge is 2.36. The van der Waals surface area contributed by atoms with Crippen LogP contribution in [0.5, 0.6) is 5.75 Å². The van der Waals surface area contributed by atoms with E-state index in [9.17, 15) is 13.2 Å². The van der Waals surface area contributed by atoms with Crippen molar-refractivity contribution in [2.24, 2.45) is 0 Å². The van der Waals surface area contributed by atoms with E-state index < -0.39 is 16.1 Å². The Labute approximate surface area is 149 Å². The van der Waals surface area contributed by atoms with E-state index in [0.29, 0.717) is 29.5 Å². The van der Waals surface area contributed by atoms with Gasteiger partial charge >= 0.3 is 0 Å². The molecule has 134 valence electrons. The molecular weight excluding hydrogens is 364 g/mol. The SMILES string of the molecule is COc1ccc(-c2nnc(NC(=O)C3CCCN3S(C)(=O)=O)s2)cc1. The standard InChI is InChI=1S/C15H18N4O4S2/c1-23-11-7-5-10(6-8-11)14-17-18-15(24-14)16-13(20)12-4-3-9-19(12)25(2,21)22/h5-8,12H,3-4,9H2,1-2H3,(H,16,18,20). The molecular formula is C15H18N4O4S2. The van der Waals surface area contributed by atoms with Gasteiger partial charge in [-0.15, -0.1) is 10.2 Å². The molecule has 1 aliphatic heterocycles. The van der Waals surface area contributed by atoms with Crippen LogP contribution in [-0.2, 0) is 14.8 Å². The Morgan fingerprint density at radius 3 is 2.68 bits per heavy atom. The first kappa shape index (κ1) is 17.8. The van der Waals surface area contributed by atoms with E-state index in [1.807, 2.05) is 24.3 Å². The molecule has 25 heavy (non-hydrogen) atoms. The highest BCUT2D eigenvalue weighted by Crippen LogP contribution is 2.28. The second kappa shape index (κ2) is 7.06. The summed E-state index contributed by atoms with van der Waals surface area (Å²) in [6.45, 7) is 0.365. The van der Waals surface area contributed by atoms with Gasteiger partial charge in [-0.05, 0) is 37.1 Å². The number of amides is 1. The lowest BCUT2D eigenvalue weighted by atomic mass is 10.2. The zero-order valence-corrected chi connectivity index (χ0v) is 15.4. The van der Waals surface area contributed by atoms with Crippen LogP contribution in [-0.4, -0.2) is 54.8 Å². The van der Waals surface area contributed by atoms with Gasteiger partial charge in [-0.3, -0.25) is 10.1 Å². The normalized spacial score (nSPS) is 18.2. The summed E-state index contributed by atoms with van der Waals surface area (Å²) in [7, 11) is -1.81. The van der Waals surface area contributed by atoms with Crippen LogP contribution in [0.25, 0.3) is 10.6 Å². The molecule has 0 aliphatic carbocycles. The number of nitrogens with zero attached hydrogens (tertiary/aromatic N) is 3. The van der Waals surface area contributed by atoms with E-state index in [4.69, 9.17) is 4.74 Å². The van der Waals surface area contributed by atoms with E-state index in [2.05, 4.69) is 15.5 Å². The first-order valence-corrected chi connectivity index (χ1v) is 10.3. The summed E-state index contributed by atoms with van der Waals surface area (Å²) in [5.74, 6) is 0.365. The highest BCUT2D eigenvalue weighted by atomic mass is 32.2. The minimum Gasteiger partial charge on any atom is -0.497 e. The summed E-state index contributed by atoms with van der Waals surface area (Å²) in [5, 5.41) is 11.7. The molecule has 10 heteroatoms. The third-order valence-corrected chi connectivity index (χ3v) is 6.10. The summed E-state index contributed by atoms with van der Waals surface area (Å²) in [4.78, 5) is 12.4. The fourth-order valence-corrected chi connectivity index (χ4v) is 4.59. The van der Waals surface area contributed by atoms with Crippen molar-refractivity contribution in [1.29, 1.82) is 0 Å². The third kappa shape index (κ3) is 3.97. The Balaban J connectivity index is 1.71. The Hall–Kier alpha value is -2.04. The molecule has 1 amide bonds. The monoisotopic (exact) mass is 382 g/mol. The molecule has 0 saturated carbocycles. The lowest BCUT2D eigenvalue weighted by Gasteiger charge is -2.20. The number of carbonyl (C=O) groups is 1. The van der Waals surface area contributed by atoms with Crippen molar-refractivity contribution in [3.8, 4) is 16.3 Å². The first-order chi connectivity index (χ1) is 11.9. The lowest BCUT2D eigenvalue weighted by Crippen LogP contribution is -2.42. The quantitative estimate of drug-likeness (QED) is 0.842. The summed E-state index contributed by atoms with van der Waals surface area (Å²) >= 11 is 1.23. The van der Waals surface area contributed by atoms with Crippen molar-refractivity contribution in [2.45, 2.75) is 18.9 Å². The smallest absolute Gasteiger partial charge is 0.244 e. The molecule has 1 saturated heterocycles. The number of carbonyl (C=O) groups excluding carboxylic acids is 1. The third-order valence-electron chi connectivity index (χ3n) is 3.92. The molecule has 2 heterocycles. The number of methoxy groups -OCH3 is 1. The molecule has 1 aromatic carbocycles. The van der Waals surface area contributed by atoms with Crippen LogP contribution >= 0.6 is 11.3 Å². The summed E-state index contributed by atoms with van der Waals surface area (Å²) in [6, 6.07) is 6.65. The number of aromatic nitrogens is 2. The van der Waals surface area contributed by atoms with Gasteiger partial charge in [-0.25, -0.2) is 8.42 Å². The van der Waals surface area contributed by atoms with Crippen molar-refractivity contribution in [3.05, 3.63) is 24.3 Å². The molecule has 1 N–H and O–H groups in total. The van der Waals surface area contributed by atoms with Crippen molar-refractivity contribution < 1.29 is 17.9 Å². The van der Waals surface area contributed by atoms with Crippen LogP contribution in [0.4, 0.5) is 5.13 Å². The zero-order valence-electron chi connectivity index (χ0n) is 13.8. The molecule has 1 fully saturated rings. The number of anilines is 1.